The molecule has 2 N–H and O–H groups in total. The minimum atomic E-state index is -1.06. The number of methoxy groups -OCH3 is 1. The van der Waals surface area contributed by atoms with Crippen molar-refractivity contribution in [1.29, 1.82) is 0 Å². The number of aromatic nitrogens is 2. The highest BCUT2D eigenvalue weighted by Crippen LogP contribution is 2.21. The van der Waals surface area contributed by atoms with Crippen molar-refractivity contribution in [2.75, 3.05) is 7.11 Å². The Bertz CT molecular complexity index is 721. The molecule has 0 saturated heterocycles. The summed E-state index contributed by atoms with van der Waals surface area (Å²) in [5.74, 6) is -1.22. The van der Waals surface area contributed by atoms with Crippen LogP contribution < -0.4 is 10.1 Å². The number of pyridine rings is 1. The van der Waals surface area contributed by atoms with Gasteiger partial charge in [-0.15, -0.1) is 0 Å². The first-order valence-electron chi connectivity index (χ1n) is 6.92. The lowest BCUT2D eigenvalue weighted by Gasteiger charge is -2.17. The van der Waals surface area contributed by atoms with E-state index in [1.165, 1.54) is 7.11 Å². The number of hydrogen-bond donors (Lipinski definition) is 2. The normalized spacial score (nSPS) is 12.4. The van der Waals surface area contributed by atoms with Gasteiger partial charge in [0, 0.05) is 6.20 Å². The molecule has 22 heavy (non-hydrogen) atoms. The molecule has 0 spiro atoms. The number of carbonyl (C=O) groups is 2. The van der Waals surface area contributed by atoms with Gasteiger partial charge in [-0.05, 0) is 25.0 Å². The Balaban J connectivity index is 2.44. The molecule has 2 rings (SSSR count). The smallest absolute Gasteiger partial charge is 0.326 e. The third kappa shape index (κ3) is 2.74. The van der Waals surface area contributed by atoms with Crippen LogP contribution in [-0.4, -0.2) is 39.5 Å². The molecule has 7 heteroatoms. The molecular weight excluding hydrogens is 286 g/mol. The minimum absolute atomic E-state index is 0.226. The second-order valence-corrected chi connectivity index (χ2v) is 5.35. The van der Waals surface area contributed by atoms with Crippen LogP contribution in [0.3, 0.4) is 0 Å². The third-order valence-electron chi connectivity index (χ3n) is 3.44. The fourth-order valence-corrected chi connectivity index (χ4v) is 2.31. The van der Waals surface area contributed by atoms with Crippen LogP contribution >= 0.6 is 0 Å². The Hall–Kier alpha value is -2.57. The molecule has 0 bridgehead atoms. The van der Waals surface area contributed by atoms with Crippen LogP contribution in [0.1, 0.15) is 30.0 Å². The molecule has 2 heterocycles. The van der Waals surface area contributed by atoms with Crippen molar-refractivity contribution in [3.8, 4) is 5.75 Å². The van der Waals surface area contributed by atoms with Crippen LogP contribution in [0, 0.1) is 12.8 Å². The molecule has 0 aliphatic rings. The fourth-order valence-electron chi connectivity index (χ4n) is 2.31. The van der Waals surface area contributed by atoms with E-state index in [2.05, 4.69) is 10.3 Å². The number of imidazole rings is 1. The van der Waals surface area contributed by atoms with Crippen LogP contribution in [0.15, 0.2) is 18.3 Å². The van der Waals surface area contributed by atoms with Gasteiger partial charge in [-0.2, -0.15) is 0 Å². The number of aliphatic carboxylic acids is 1. The zero-order valence-electron chi connectivity index (χ0n) is 13.0. The molecule has 1 atom stereocenters. The average Bonchev–Trinajstić information content (AvgIpc) is 2.79. The second kappa shape index (κ2) is 6.05. The molecule has 0 aliphatic heterocycles. The number of carboxylic acid groups (broad SMARTS) is 1. The van der Waals surface area contributed by atoms with Gasteiger partial charge in [0.05, 0.1) is 12.8 Å². The molecule has 1 amide bonds. The number of carboxylic acids is 1. The van der Waals surface area contributed by atoms with E-state index in [1.54, 1.807) is 43.5 Å². The van der Waals surface area contributed by atoms with Crippen molar-refractivity contribution >= 4 is 17.5 Å². The number of fused-ring (bicyclic) bond motifs is 1. The summed E-state index contributed by atoms with van der Waals surface area (Å²) < 4.78 is 6.82. The second-order valence-electron chi connectivity index (χ2n) is 5.35. The molecule has 0 aromatic carbocycles. The van der Waals surface area contributed by atoms with Gasteiger partial charge in [0.15, 0.2) is 11.4 Å². The number of nitrogens with one attached hydrogen (secondary N) is 1. The molecule has 7 nitrogen and oxygen atoms in total. The first-order chi connectivity index (χ1) is 10.4. The number of hydrogen-bond acceptors (Lipinski definition) is 4. The van der Waals surface area contributed by atoms with E-state index >= 15 is 0 Å². The quantitative estimate of drug-likeness (QED) is 0.873. The Labute approximate surface area is 127 Å². The van der Waals surface area contributed by atoms with E-state index in [0.29, 0.717) is 22.8 Å². The maximum Gasteiger partial charge on any atom is 0.326 e. The summed E-state index contributed by atoms with van der Waals surface area (Å²) in [5.41, 5.74) is 1.33. The van der Waals surface area contributed by atoms with Gasteiger partial charge in [0.1, 0.15) is 11.7 Å². The number of amides is 1. The van der Waals surface area contributed by atoms with E-state index in [4.69, 9.17) is 4.74 Å². The van der Waals surface area contributed by atoms with Crippen LogP contribution in [-0.2, 0) is 4.79 Å². The number of nitrogens with zero attached hydrogens (tertiary/aromatic N) is 2. The largest absolute Gasteiger partial charge is 0.493 e. The minimum Gasteiger partial charge on any atom is -0.493 e. The molecular formula is C15H19N3O4. The van der Waals surface area contributed by atoms with Crippen molar-refractivity contribution in [2.24, 2.45) is 5.92 Å². The topological polar surface area (TPSA) is 92.9 Å². The monoisotopic (exact) mass is 305 g/mol. The van der Waals surface area contributed by atoms with E-state index in [0.717, 1.165) is 0 Å². The SMILES string of the molecule is COc1cccn2c(C(=O)NC(C(=O)O)C(C)C)c(C)nc12. The van der Waals surface area contributed by atoms with Gasteiger partial charge >= 0.3 is 5.97 Å². The van der Waals surface area contributed by atoms with Gasteiger partial charge in [0.2, 0.25) is 0 Å². The number of aryl methyl sites for hydroxylation is 1. The Kier molecular flexibility index (Phi) is 4.35. The summed E-state index contributed by atoms with van der Waals surface area (Å²) in [5, 5.41) is 11.7. The Morgan fingerprint density at radius 3 is 2.64 bits per heavy atom. The molecule has 1 unspecified atom stereocenters. The average molecular weight is 305 g/mol. The zero-order chi connectivity index (χ0) is 16.4. The maximum absolute atomic E-state index is 12.5. The lowest BCUT2D eigenvalue weighted by molar-refractivity contribution is -0.140. The Morgan fingerprint density at radius 2 is 2.09 bits per heavy atom. The highest BCUT2D eigenvalue weighted by Gasteiger charge is 2.26. The van der Waals surface area contributed by atoms with Crippen molar-refractivity contribution in [3.05, 3.63) is 29.7 Å². The molecule has 0 saturated carbocycles. The molecule has 0 fully saturated rings. The van der Waals surface area contributed by atoms with E-state index in [1.807, 2.05) is 0 Å². The first kappa shape index (κ1) is 15.8. The highest BCUT2D eigenvalue weighted by atomic mass is 16.5. The predicted molar refractivity (Wildman–Crippen MR) is 80.2 cm³/mol. The molecule has 0 radical (unpaired) electrons. The third-order valence-corrected chi connectivity index (χ3v) is 3.44. The maximum atomic E-state index is 12.5. The van der Waals surface area contributed by atoms with Crippen LogP contribution in [0.4, 0.5) is 0 Å². The molecule has 2 aromatic heterocycles. The standard InChI is InChI=1S/C15H19N3O4/c1-8(2)11(15(20)21)17-14(19)12-9(3)16-13-10(22-4)6-5-7-18(12)13/h5-8,11H,1-4H3,(H,17,19)(H,20,21). The zero-order valence-corrected chi connectivity index (χ0v) is 13.0. The van der Waals surface area contributed by atoms with Gasteiger partial charge in [-0.3, -0.25) is 9.20 Å². The van der Waals surface area contributed by atoms with Crippen molar-refractivity contribution in [2.45, 2.75) is 26.8 Å². The Morgan fingerprint density at radius 1 is 1.41 bits per heavy atom. The summed E-state index contributed by atoms with van der Waals surface area (Å²) in [6.07, 6.45) is 1.69. The van der Waals surface area contributed by atoms with Gasteiger partial charge in [-0.25, -0.2) is 9.78 Å². The van der Waals surface area contributed by atoms with Gasteiger partial charge in [0.25, 0.3) is 5.91 Å². The van der Waals surface area contributed by atoms with Gasteiger partial charge < -0.3 is 15.2 Å². The fraction of sp³-hybridized carbons (Fsp3) is 0.400. The summed E-state index contributed by atoms with van der Waals surface area (Å²) in [4.78, 5) is 28.1. The summed E-state index contributed by atoms with van der Waals surface area (Å²) in [6, 6.07) is 2.53. The summed E-state index contributed by atoms with van der Waals surface area (Å²) >= 11 is 0. The van der Waals surface area contributed by atoms with Crippen molar-refractivity contribution < 1.29 is 19.4 Å². The molecule has 2 aromatic rings. The number of ether oxygens (including phenoxy) is 1. The van der Waals surface area contributed by atoms with Crippen molar-refractivity contribution in [3.63, 3.8) is 0 Å². The van der Waals surface area contributed by atoms with Crippen LogP contribution in [0.5, 0.6) is 5.75 Å². The van der Waals surface area contributed by atoms with Crippen LogP contribution in [0.2, 0.25) is 0 Å². The summed E-state index contributed by atoms with van der Waals surface area (Å²) in [6.45, 7) is 5.18. The number of carbonyl (C=O) groups excluding carboxylic acids is 1. The van der Waals surface area contributed by atoms with Crippen LogP contribution in [0.25, 0.3) is 5.65 Å². The van der Waals surface area contributed by atoms with Gasteiger partial charge in [-0.1, -0.05) is 13.8 Å². The summed E-state index contributed by atoms with van der Waals surface area (Å²) in [7, 11) is 1.53. The lowest BCUT2D eigenvalue weighted by Crippen LogP contribution is -2.44. The predicted octanol–water partition coefficient (Wildman–Crippen LogP) is 1.49. The van der Waals surface area contributed by atoms with E-state index in [-0.39, 0.29) is 5.92 Å². The molecule has 0 aliphatic carbocycles. The molecule has 118 valence electrons. The lowest BCUT2D eigenvalue weighted by atomic mass is 10.0. The van der Waals surface area contributed by atoms with Crippen molar-refractivity contribution in [1.82, 2.24) is 14.7 Å². The highest BCUT2D eigenvalue weighted by molar-refractivity contribution is 5.97. The number of rotatable bonds is 5. The first-order valence-corrected chi connectivity index (χ1v) is 6.92. The van der Waals surface area contributed by atoms with E-state index < -0.39 is 17.9 Å². The van der Waals surface area contributed by atoms with E-state index in [9.17, 15) is 14.7 Å².